The average molecular weight is 785 g/mol. The first-order chi connectivity index (χ1) is 24.6. The minimum Gasteiger partial charge on any atom is -0.497 e. The van der Waals surface area contributed by atoms with Gasteiger partial charge < -0.3 is 15.4 Å². The van der Waals surface area contributed by atoms with E-state index in [1.54, 1.807) is 10.8 Å². The Labute approximate surface area is 306 Å². The van der Waals surface area contributed by atoms with Gasteiger partial charge in [-0.3, -0.25) is 24.2 Å². The first-order valence-electron chi connectivity index (χ1n) is 15.3. The van der Waals surface area contributed by atoms with Crippen LogP contribution in [0.1, 0.15) is 31.8 Å². The summed E-state index contributed by atoms with van der Waals surface area (Å²) in [6.45, 7) is 0. The number of amides is 2. The molecule has 8 nitrogen and oxygen atoms in total. The van der Waals surface area contributed by atoms with E-state index in [9.17, 15) is 19.2 Å². The fourth-order valence-electron chi connectivity index (χ4n) is 5.86. The molecule has 0 spiro atoms. The fraction of sp³-hybridized carbons (Fsp3) is 0.0789. The topological polar surface area (TPSA) is 114 Å². The van der Waals surface area contributed by atoms with Gasteiger partial charge in [0, 0.05) is 49.9 Å². The number of pyridine rings is 1. The number of thiophene rings is 2. The van der Waals surface area contributed by atoms with Crippen LogP contribution in [0.3, 0.4) is 0 Å². The number of fused-ring (bicyclic) bond motifs is 2. The third-order valence-corrected chi connectivity index (χ3v) is 10.8. The molecule has 2 aliphatic rings. The predicted octanol–water partition coefficient (Wildman–Crippen LogP) is 9.00. The number of methoxy groups -OCH3 is 1. The number of halogens is 3. The summed E-state index contributed by atoms with van der Waals surface area (Å²) in [5.41, 5.74) is -2.46. The number of Topliss-reactive ketones (excluding diaryl/α,β-unsaturated/α-hetero) is 2. The van der Waals surface area contributed by atoms with Crippen LogP contribution in [0.25, 0.3) is 22.3 Å². The molecule has 2 amide bonds. The third-order valence-electron chi connectivity index (χ3n) is 8.53. The van der Waals surface area contributed by atoms with E-state index in [1.807, 2.05) is 54.6 Å². The minimum atomic E-state index is -2.79. The maximum atomic E-state index is 15.8. The minimum absolute atomic E-state index is 0.0170. The highest BCUT2D eigenvalue weighted by Crippen LogP contribution is 2.47. The van der Waals surface area contributed by atoms with Crippen molar-refractivity contribution in [2.24, 2.45) is 0 Å². The van der Waals surface area contributed by atoms with E-state index in [0.717, 1.165) is 15.6 Å². The second-order valence-electron chi connectivity index (χ2n) is 11.4. The Morgan fingerprint density at radius 1 is 0.667 bits per heavy atom. The lowest BCUT2D eigenvalue weighted by molar-refractivity contribution is -0.126. The summed E-state index contributed by atoms with van der Waals surface area (Å²) in [5, 5.41) is 9.33. The fourth-order valence-corrected chi connectivity index (χ4v) is 8.05. The highest BCUT2D eigenvalue weighted by atomic mass is 79.9. The number of nitrogens with one attached hydrogen (secondary N) is 2. The number of aromatic nitrogens is 1. The number of hydrogen-bond acceptors (Lipinski definition) is 8. The molecule has 2 aliphatic heterocycles. The summed E-state index contributed by atoms with van der Waals surface area (Å²) in [7, 11) is 1.49. The van der Waals surface area contributed by atoms with Crippen LogP contribution in [-0.4, -0.2) is 35.5 Å². The lowest BCUT2D eigenvalue weighted by Crippen LogP contribution is -2.47. The summed E-state index contributed by atoms with van der Waals surface area (Å²) in [6.07, 6.45) is 2.66. The molecule has 0 aliphatic carbocycles. The second-order valence-corrected chi connectivity index (χ2v) is 14.1. The van der Waals surface area contributed by atoms with Crippen LogP contribution in [-0.2, 0) is 20.9 Å². The van der Waals surface area contributed by atoms with Crippen LogP contribution in [0, 0.1) is 0 Å². The van der Waals surface area contributed by atoms with Gasteiger partial charge in [0.25, 0.3) is 23.2 Å². The molecule has 2 N–H and O–H groups in total. The van der Waals surface area contributed by atoms with Crippen LogP contribution in [0.4, 0.5) is 18.8 Å². The van der Waals surface area contributed by atoms with Crippen molar-refractivity contribution in [3.05, 3.63) is 141 Å². The van der Waals surface area contributed by atoms with Gasteiger partial charge in [-0.1, -0.05) is 76.6 Å². The molecule has 0 saturated heterocycles. The summed E-state index contributed by atoms with van der Waals surface area (Å²) >= 11 is 5.79. The molecular weight excluding hydrogens is 760 g/mol. The Hall–Kier alpha value is -5.37. The molecule has 254 valence electrons. The van der Waals surface area contributed by atoms with E-state index in [0.29, 0.717) is 26.9 Å². The summed E-state index contributed by atoms with van der Waals surface area (Å²) in [5.74, 6) is -3.15. The number of carbonyl (C=O) groups excluding carboxylic acids is 4. The molecule has 8 rings (SSSR count). The average Bonchev–Trinajstić information content (AvgIpc) is 3.79. The van der Waals surface area contributed by atoms with Crippen molar-refractivity contribution in [2.45, 2.75) is 11.3 Å². The van der Waals surface area contributed by atoms with Gasteiger partial charge in [-0.15, -0.1) is 22.7 Å². The van der Waals surface area contributed by atoms with Crippen molar-refractivity contribution in [3.8, 4) is 28.0 Å². The van der Waals surface area contributed by atoms with Gasteiger partial charge in [0.05, 0.1) is 18.2 Å². The lowest BCUT2D eigenvalue weighted by atomic mass is 9.83. The van der Waals surface area contributed by atoms with Crippen LogP contribution in [0.15, 0.2) is 119 Å². The molecule has 6 aromatic rings. The van der Waals surface area contributed by atoms with Crippen molar-refractivity contribution in [1.29, 1.82) is 0 Å². The first-order valence-corrected chi connectivity index (χ1v) is 17.8. The normalized spacial score (nSPS) is 19.2. The lowest BCUT2D eigenvalue weighted by Gasteiger charge is -2.28. The molecule has 5 heterocycles. The van der Waals surface area contributed by atoms with E-state index in [2.05, 4.69) is 31.5 Å². The van der Waals surface area contributed by atoms with E-state index in [1.165, 1.54) is 78.6 Å². The Kier molecular flexibility index (Phi) is 8.96. The summed E-state index contributed by atoms with van der Waals surface area (Å²) in [4.78, 5) is 54.7. The molecule has 0 fully saturated rings. The molecule has 2 unspecified atom stereocenters. The highest BCUT2D eigenvalue weighted by molar-refractivity contribution is 9.10. The maximum absolute atomic E-state index is 15.8. The SMILES string of the molecule is COc1ccc(C2(F)C(=O)Nc3scc(-c4ccccc4)c3C2=O)cc1.O=C1Nc2scc(-c3ccc(Br)cc3)c2C(=O)C1(F)c1cccnc1. The van der Waals surface area contributed by atoms with Crippen LogP contribution < -0.4 is 15.4 Å². The zero-order valence-corrected chi connectivity index (χ0v) is 29.6. The Morgan fingerprint density at radius 2 is 1.20 bits per heavy atom. The standard InChI is InChI=1S/C20H14FNO3S.C18H10BrFN2O2S/c1-25-14-9-7-13(8-10-14)20(21)17(23)16-15(12-5-3-2-4-6-12)11-26-18(16)22-19(20)24;19-12-5-3-10(4-6-12)13-9-25-16-14(13)15(23)18(20,17(24)22-16)11-2-1-7-21-8-11/h2-11H,1H3,(H,22,24);1-9H,(H,22,24). The van der Waals surface area contributed by atoms with Gasteiger partial charge in [0.15, 0.2) is 0 Å². The molecule has 0 bridgehead atoms. The van der Waals surface area contributed by atoms with Crippen molar-refractivity contribution in [1.82, 2.24) is 4.98 Å². The number of carbonyl (C=O) groups is 4. The van der Waals surface area contributed by atoms with E-state index in [-0.39, 0.29) is 22.3 Å². The molecule has 51 heavy (non-hydrogen) atoms. The molecule has 0 radical (unpaired) electrons. The molecule has 13 heteroatoms. The molecule has 2 atom stereocenters. The number of alkyl halides is 2. The quantitative estimate of drug-likeness (QED) is 0.169. The van der Waals surface area contributed by atoms with Gasteiger partial charge in [0.2, 0.25) is 11.6 Å². The van der Waals surface area contributed by atoms with Crippen molar-refractivity contribution in [2.75, 3.05) is 17.7 Å². The highest BCUT2D eigenvalue weighted by Gasteiger charge is 2.55. The van der Waals surface area contributed by atoms with Gasteiger partial charge in [-0.2, -0.15) is 0 Å². The van der Waals surface area contributed by atoms with Crippen LogP contribution >= 0.6 is 38.6 Å². The van der Waals surface area contributed by atoms with E-state index < -0.39 is 34.7 Å². The van der Waals surface area contributed by atoms with Gasteiger partial charge in [-0.25, -0.2) is 8.78 Å². The van der Waals surface area contributed by atoms with Gasteiger partial charge >= 0.3 is 0 Å². The monoisotopic (exact) mass is 783 g/mol. The Balaban J connectivity index is 0.000000159. The Bertz CT molecular complexity index is 2320. The smallest absolute Gasteiger partial charge is 0.277 e. The number of ether oxygens (including phenoxy) is 1. The number of nitrogens with zero attached hydrogens (tertiary/aromatic N) is 1. The Morgan fingerprint density at radius 3 is 1.71 bits per heavy atom. The van der Waals surface area contributed by atoms with Crippen LogP contribution in [0.2, 0.25) is 0 Å². The largest absolute Gasteiger partial charge is 0.497 e. The van der Waals surface area contributed by atoms with Crippen molar-refractivity contribution in [3.63, 3.8) is 0 Å². The maximum Gasteiger partial charge on any atom is 0.277 e. The molecular formula is C38H24BrF2N3O5S2. The van der Waals surface area contributed by atoms with Gasteiger partial charge in [0.1, 0.15) is 15.8 Å². The zero-order chi connectivity index (χ0) is 35.9. The van der Waals surface area contributed by atoms with Gasteiger partial charge in [-0.05, 0) is 41.5 Å². The number of ketones is 2. The van der Waals surface area contributed by atoms with Crippen molar-refractivity contribution >= 4 is 72.0 Å². The summed E-state index contributed by atoms with van der Waals surface area (Å²) < 4.78 is 37.3. The number of anilines is 2. The molecule has 3 aromatic heterocycles. The number of rotatable bonds is 5. The number of hydrogen-bond donors (Lipinski definition) is 2. The van der Waals surface area contributed by atoms with E-state index in [4.69, 9.17) is 4.74 Å². The zero-order valence-electron chi connectivity index (χ0n) is 26.4. The van der Waals surface area contributed by atoms with Crippen molar-refractivity contribution < 1.29 is 32.7 Å². The first kappa shape index (κ1) is 34.1. The van der Waals surface area contributed by atoms with Crippen LogP contribution in [0.5, 0.6) is 5.75 Å². The third kappa shape index (κ3) is 5.76. The van der Waals surface area contributed by atoms with E-state index >= 15 is 8.78 Å². The summed E-state index contributed by atoms with van der Waals surface area (Å²) in [6, 6.07) is 25.3. The second kappa shape index (κ2) is 13.4. The number of benzene rings is 3. The molecule has 3 aromatic carbocycles. The molecule has 0 saturated carbocycles. The predicted molar refractivity (Wildman–Crippen MR) is 196 cm³/mol.